The molecule has 0 fully saturated rings. The second kappa shape index (κ2) is 7.01. The maximum Gasteiger partial charge on any atom is 0.236 e. The topological polar surface area (TPSA) is 32.3 Å². The molecule has 1 N–H and O–H groups in total. The van der Waals surface area contributed by atoms with Crippen LogP contribution >= 0.6 is 0 Å². The lowest BCUT2D eigenvalue weighted by molar-refractivity contribution is -0.128. The van der Waals surface area contributed by atoms with Crippen molar-refractivity contribution in [2.24, 2.45) is 0 Å². The average Bonchev–Trinajstić information content (AvgIpc) is 2.34. The standard InChI is InChI=1S/C13H20N2O/c1-3-15(2)13(16)11-14-10-9-12-7-5-4-6-8-12/h4-8,14H,3,9-11H2,1-2H3. The van der Waals surface area contributed by atoms with E-state index in [0.29, 0.717) is 6.54 Å². The molecular weight excluding hydrogens is 200 g/mol. The molecule has 1 amide bonds. The fourth-order valence-corrected chi connectivity index (χ4v) is 1.38. The molecule has 0 heterocycles. The molecule has 3 heteroatoms. The third kappa shape index (κ3) is 4.45. The first-order valence-corrected chi connectivity index (χ1v) is 5.72. The molecule has 0 radical (unpaired) electrons. The Morgan fingerprint density at radius 3 is 2.62 bits per heavy atom. The average molecular weight is 220 g/mol. The lowest BCUT2D eigenvalue weighted by Crippen LogP contribution is -2.36. The molecule has 0 aliphatic heterocycles. The maximum absolute atomic E-state index is 11.4. The molecule has 0 saturated carbocycles. The van der Waals surface area contributed by atoms with Crippen molar-refractivity contribution in [3.8, 4) is 0 Å². The van der Waals surface area contributed by atoms with Crippen LogP contribution in [-0.4, -0.2) is 37.5 Å². The summed E-state index contributed by atoms with van der Waals surface area (Å²) >= 11 is 0. The molecular formula is C13H20N2O. The van der Waals surface area contributed by atoms with Crippen molar-refractivity contribution in [3.05, 3.63) is 35.9 Å². The Balaban J connectivity index is 2.15. The lowest BCUT2D eigenvalue weighted by atomic mass is 10.1. The van der Waals surface area contributed by atoms with Crippen molar-refractivity contribution in [2.75, 3.05) is 26.7 Å². The SMILES string of the molecule is CCN(C)C(=O)CNCCc1ccccc1. The van der Waals surface area contributed by atoms with Crippen molar-refractivity contribution in [1.29, 1.82) is 0 Å². The highest BCUT2D eigenvalue weighted by atomic mass is 16.2. The van der Waals surface area contributed by atoms with Gasteiger partial charge in [-0.1, -0.05) is 30.3 Å². The predicted octanol–water partition coefficient (Wildman–Crippen LogP) is 1.30. The second-order valence-electron chi connectivity index (χ2n) is 3.82. The third-order valence-electron chi connectivity index (χ3n) is 2.61. The van der Waals surface area contributed by atoms with Crippen LogP contribution in [-0.2, 0) is 11.2 Å². The molecule has 0 atom stereocenters. The summed E-state index contributed by atoms with van der Waals surface area (Å²) in [5, 5.41) is 3.16. The van der Waals surface area contributed by atoms with Crippen molar-refractivity contribution >= 4 is 5.91 Å². The quantitative estimate of drug-likeness (QED) is 0.733. The fraction of sp³-hybridized carbons (Fsp3) is 0.462. The number of likely N-dealkylation sites (N-methyl/N-ethyl adjacent to an activating group) is 1. The first kappa shape index (κ1) is 12.7. The summed E-state index contributed by atoms with van der Waals surface area (Å²) in [5.41, 5.74) is 1.30. The zero-order valence-electron chi connectivity index (χ0n) is 10.1. The molecule has 0 bridgehead atoms. The Labute approximate surface area is 97.5 Å². The van der Waals surface area contributed by atoms with Gasteiger partial charge in [-0.25, -0.2) is 0 Å². The smallest absolute Gasteiger partial charge is 0.236 e. The number of hydrogen-bond donors (Lipinski definition) is 1. The summed E-state index contributed by atoms with van der Waals surface area (Å²) in [6.45, 7) is 4.01. The van der Waals surface area contributed by atoms with Gasteiger partial charge < -0.3 is 10.2 Å². The highest BCUT2D eigenvalue weighted by Crippen LogP contribution is 1.97. The number of carbonyl (C=O) groups is 1. The molecule has 0 aliphatic rings. The third-order valence-corrected chi connectivity index (χ3v) is 2.61. The Morgan fingerprint density at radius 2 is 2.00 bits per heavy atom. The van der Waals surface area contributed by atoms with E-state index in [0.717, 1.165) is 19.5 Å². The normalized spacial score (nSPS) is 10.1. The molecule has 1 aromatic rings. The molecule has 0 unspecified atom stereocenters. The number of rotatable bonds is 6. The van der Waals surface area contributed by atoms with Crippen LogP contribution in [0, 0.1) is 0 Å². The van der Waals surface area contributed by atoms with Gasteiger partial charge in [0.1, 0.15) is 0 Å². The number of hydrogen-bond acceptors (Lipinski definition) is 2. The number of amides is 1. The summed E-state index contributed by atoms with van der Waals surface area (Å²) < 4.78 is 0. The first-order valence-electron chi connectivity index (χ1n) is 5.72. The molecule has 16 heavy (non-hydrogen) atoms. The van der Waals surface area contributed by atoms with E-state index in [9.17, 15) is 4.79 Å². The maximum atomic E-state index is 11.4. The minimum Gasteiger partial charge on any atom is -0.345 e. The van der Waals surface area contributed by atoms with Gasteiger partial charge in [0, 0.05) is 13.6 Å². The zero-order chi connectivity index (χ0) is 11.8. The Kier molecular flexibility index (Phi) is 5.57. The van der Waals surface area contributed by atoms with Crippen LogP contribution in [0.15, 0.2) is 30.3 Å². The number of nitrogens with one attached hydrogen (secondary N) is 1. The zero-order valence-corrected chi connectivity index (χ0v) is 10.1. The van der Waals surface area contributed by atoms with E-state index in [1.807, 2.05) is 32.2 Å². The number of carbonyl (C=O) groups excluding carboxylic acids is 1. The second-order valence-corrected chi connectivity index (χ2v) is 3.82. The monoisotopic (exact) mass is 220 g/mol. The van der Waals surface area contributed by atoms with Crippen molar-refractivity contribution in [1.82, 2.24) is 10.2 Å². The lowest BCUT2D eigenvalue weighted by Gasteiger charge is -2.14. The Morgan fingerprint density at radius 1 is 1.31 bits per heavy atom. The summed E-state index contributed by atoms with van der Waals surface area (Å²) in [5.74, 6) is 0.149. The van der Waals surface area contributed by atoms with E-state index in [-0.39, 0.29) is 5.91 Å². The van der Waals surface area contributed by atoms with Crippen LogP contribution in [0.5, 0.6) is 0 Å². The molecule has 88 valence electrons. The summed E-state index contributed by atoms with van der Waals surface area (Å²) in [6, 6.07) is 10.3. The van der Waals surface area contributed by atoms with Crippen LogP contribution in [0.25, 0.3) is 0 Å². The summed E-state index contributed by atoms with van der Waals surface area (Å²) in [7, 11) is 1.82. The van der Waals surface area contributed by atoms with Gasteiger partial charge in [0.25, 0.3) is 0 Å². The van der Waals surface area contributed by atoms with Crippen molar-refractivity contribution < 1.29 is 4.79 Å². The molecule has 0 aromatic heterocycles. The first-order chi connectivity index (χ1) is 7.74. The van der Waals surface area contributed by atoms with Crippen molar-refractivity contribution in [3.63, 3.8) is 0 Å². The van der Waals surface area contributed by atoms with Crippen LogP contribution in [0.1, 0.15) is 12.5 Å². The van der Waals surface area contributed by atoms with Crippen LogP contribution < -0.4 is 5.32 Å². The van der Waals surface area contributed by atoms with Gasteiger partial charge in [0.05, 0.1) is 6.54 Å². The molecule has 1 rings (SSSR count). The summed E-state index contributed by atoms with van der Waals surface area (Å²) in [4.78, 5) is 13.2. The minimum absolute atomic E-state index is 0.149. The van der Waals surface area contributed by atoms with Crippen LogP contribution in [0.2, 0.25) is 0 Å². The van der Waals surface area contributed by atoms with Gasteiger partial charge in [-0.05, 0) is 25.5 Å². The number of benzene rings is 1. The van der Waals surface area contributed by atoms with Gasteiger partial charge in [0.2, 0.25) is 5.91 Å². The van der Waals surface area contributed by atoms with Gasteiger partial charge in [-0.3, -0.25) is 4.79 Å². The predicted molar refractivity (Wildman–Crippen MR) is 66.3 cm³/mol. The van der Waals surface area contributed by atoms with Gasteiger partial charge in [-0.2, -0.15) is 0 Å². The van der Waals surface area contributed by atoms with E-state index in [2.05, 4.69) is 17.4 Å². The van der Waals surface area contributed by atoms with Crippen molar-refractivity contribution in [2.45, 2.75) is 13.3 Å². The van der Waals surface area contributed by atoms with E-state index >= 15 is 0 Å². The number of nitrogens with zero attached hydrogens (tertiary/aromatic N) is 1. The summed E-state index contributed by atoms with van der Waals surface area (Å²) in [6.07, 6.45) is 0.962. The van der Waals surface area contributed by atoms with Crippen LogP contribution in [0.4, 0.5) is 0 Å². The molecule has 0 spiro atoms. The van der Waals surface area contributed by atoms with E-state index < -0.39 is 0 Å². The Hall–Kier alpha value is -1.35. The van der Waals surface area contributed by atoms with Gasteiger partial charge in [-0.15, -0.1) is 0 Å². The highest BCUT2D eigenvalue weighted by Gasteiger charge is 2.04. The van der Waals surface area contributed by atoms with E-state index in [1.165, 1.54) is 5.56 Å². The van der Waals surface area contributed by atoms with Crippen LogP contribution in [0.3, 0.4) is 0 Å². The van der Waals surface area contributed by atoms with Gasteiger partial charge >= 0.3 is 0 Å². The molecule has 0 aliphatic carbocycles. The van der Waals surface area contributed by atoms with Gasteiger partial charge in [0.15, 0.2) is 0 Å². The highest BCUT2D eigenvalue weighted by molar-refractivity contribution is 5.77. The van der Waals surface area contributed by atoms with E-state index in [1.54, 1.807) is 4.90 Å². The minimum atomic E-state index is 0.149. The van der Waals surface area contributed by atoms with E-state index in [4.69, 9.17) is 0 Å². The fourth-order valence-electron chi connectivity index (χ4n) is 1.38. The molecule has 0 saturated heterocycles. The molecule has 3 nitrogen and oxygen atoms in total. The Bertz CT molecular complexity index is 311. The molecule has 1 aromatic carbocycles. The largest absolute Gasteiger partial charge is 0.345 e.